The first-order valence-corrected chi connectivity index (χ1v) is 11.4. The monoisotopic (exact) mass is 438 g/mol. The van der Waals surface area contributed by atoms with Crippen molar-refractivity contribution in [1.29, 1.82) is 0 Å². The standard InChI is InChI=1S/C26H34N2O4/c1-20-19-27(15-14-26(20,2)21-8-6-11-23(29)18-21)16-17-28(22-9-4-3-5-10-22)24(30)12-7-13-25(31)32/h3-6,8-11,18,20,29H,7,12-17,19H2,1-2H3,(H,31,32)/t20-,26-/m0/s1. The lowest BCUT2D eigenvalue weighted by atomic mass is 9.68. The molecule has 2 aromatic rings. The number of hydrogen-bond acceptors (Lipinski definition) is 4. The minimum absolute atomic E-state index is 0.00100. The number of carboxylic acids is 1. The molecule has 0 bridgehead atoms. The summed E-state index contributed by atoms with van der Waals surface area (Å²) in [4.78, 5) is 27.9. The van der Waals surface area contributed by atoms with Crippen molar-refractivity contribution in [2.75, 3.05) is 31.1 Å². The molecule has 3 rings (SSSR count). The van der Waals surface area contributed by atoms with Gasteiger partial charge in [-0.05, 0) is 60.5 Å². The van der Waals surface area contributed by atoms with Crippen molar-refractivity contribution in [3.05, 3.63) is 60.2 Å². The van der Waals surface area contributed by atoms with Gasteiger partial charge < -0.3 is 20.0 Å². The van der Waals surface area contributed by atoms with E-state index in [4.69, 9.17) is 5.11 Å². The predicted octanol–water partition coefficient (Wildman–Crippen LogP) is 4.28. The number of amides is 1. The molecular weight excluding hydrogens is 404 g/mol. The van der Waals surface area contributed by atoms with Crippen LogP contribution in [0.15, 0.2) is 54.6 Å². The SMILES string of the molecule is C[C@H]1CN(CCN(C(=O)CCCC(=O)O)c2ccccc2)CC[C@]1(C)c1cccc(O)c1. The van der Waals surface area contributed by atoms with Crippen LogP contribution in [-0.2, 0) is 15.0 Å². The summed E-state index contributed by atoms with van der Waals surface area (Å²) >= 11 is 0. The van der Waals surface area contributed by atoms with Gasteiger partial charge in [0.1, 0.15) is 5.75 Å². The molecule has 1 aliphatic rings. The van der Waals surface area contributed by atoms with E-state index in [0.717, 1.165) is 31.7 Å². The number of carbonyl (C=O) groups excluding carboxylic acids is 1. The Kier molecular flexibility index (Phi) is 7.91. The van der Waals surface area contributed by atoms with E-state index in [1.165, 1.54) is 5.56 Å². The Morgan fingerprint density at radius 1 is 1.12 bits per heavy atom. The van der Waals surface area contributed by atoms with Crippen LogP contribution in [0.2, 0.25) is 0 Å². The number of nitrogens with zero attached hydrogens (tertiary/aromatic N) is 2. The number of aromatic hydroxyl groups is 1. The van der Waals surface area contributed by atoms with E-state index in [-0.39, 0.29) is 24.2 Å². The number of phenolic OH excluding ortho intramolecular Hbond substituents is 1. The van der Waals surface area contributed by atoms with Gasteiger partial charge in [0.25, 0.3) is 0 Å². The molecular formula is C26H34N2O4. The van der Waals surface area contributed by atoms with Crippen molar-refractivity contribution in [3.63, 3.8) is 0 Å². The van der Waals surface area contributed by atoms with E-state index < -0.39 is 5.97 Å². The second-order valence-corrected chi connectivity index (χ2v) is 9.05. The molecule has 1 amide bonds. The van der Waals surface area contributed by atoms with Crippen LogP contribution in [0.5, 0.6) is 5.75 Å². The molecule has 0 aromatic heterocycles. The number of rotatable bonds is 9. The van der Waals surface area contributed by atoms with E-state index in [0.29, 0.717) is 24.6 Å². The van der Waals surface area contributed by atoms with Gasteiger partial charge in [-0.15, -0.1) is 0 Å². The number of piperidine rings is 1. The maximum absolute atomic E-state index is 12.9. The summed E-state index contributed by atoms with van der Waals surface area (Å²) in [6.07, 6.45) is 1.56. The van der Waals surface area contributed by atoms with E-state index in [9.17, 15) is 14.7 Å². The van der Waals surface area contributed by atoms with E-state index in [2.05, 4.69) is 24.8 Å². The average Bonchev–Trinajstić information content (AvgIpc) is 2.77. The van der Waals surface area contributed by atoms with E-state index in [1.807, 2.05) is 42.5 Å². The fourth-order valence-corrected chi connectivity index (χ4v) is 4.58. The van der Waals surface area contributed by atoms with Crippen molar-refractivity contribution >= 4 is 17.6 Å². The Bertz CT molecular complexity index is 917. The topological polar surface area (TPSA) is 81.1 Å². The second kappa shape index (κ2) is 10.6. The summed E-state index contributed by atoms with van der Waals surface area (Å²) in [5.41, 5.74) is 2.02. The summed E-state index contributed by atoms with van der Waals surface area (Å²) in [5, 5.41) is 18.8. The van der Waals surface area contributed by atoms with Crippen LogP contribution in [0.1, 0.15) is 45.1 Å². The summed E-state index contributed by atoms with van der Waals surface area (Å²) in [6, 6.07) is 17.2. The van der Waals surface area contributed by atoms with Crippen LogP contribution in [0.25, 0.3) is 0 Å². The highest BCUT2D eigenvalue weighted by molar-refractivity contribution is 5.93. The average molecular weight is 439 g/mol. The summed E-state index contributed by atoms with van der Waals surface area (Å²) < 4.78 is 0. The minimum atomic E-state index is -0.874. The first-order chi connectivity index (χ1) is 15.3. The molecule has 2 aromatic carbocycles. The van der Waals surface area contributed by atoms with Crippen LogP contribution < -0.4 is 4.90 Å². The molecule has 1 aliphatic heterocycles. The van der Waals surface area contributed by atoms with Crippen molar-refractivity contribution in [3.8, 4) is 5.75 Å². The van der Waals surface area contributed by atoms with Gasteiger partial charge in [0, 0.05) is 38.2 Å². The number of carbonyl (C=O) groups is 2. The lowest BCUT2D eigenvalue weighted by molar-refractivity contribution is -0.137. The Balaban J connectivity index is 1.62. The first kappa shape index (κ1) is 23.8. The number of para-hydroxylation sites is 1. The summed E-state index contributed by atoms with van der Waals surface area (Å²) in [6.45, 7) is 7.70. The van der Waals surface area contributed by atoms with Crippen LogP contribution in [0, 0.1) is 5.92 Å². The predicted molar refractivity (Wildman–Crippen MR) is 126 cm³/mol. The third-order valence-electron chi connectivity index (χ3n) is 6.86. The Morgan fingerprint density at radius 3 is 2.53 bits per heavy atom. The van der Waals surface area contributed by atoms with Gasteiger partial charge in [0.15, 0.2) is 0 Å². The third-order valence-corrected chi connectivity index (χ3v) is 6.86. The van der Waals surface area contributed by atoms with Gasteiger partial charge in [-0.2, -0.15) is 0 Å². The van der Waals surface area contributed by atoms with Crippen molar-refractivity contribution < 1.29 is 19.8 Å². The number of aliphatic carboxylic acids is 1. The molecule has 0 radical (unpaired) electrons. The van der Waals surface area contributed by atoms with Gasteiger partial charge in [0.05, 0.1) is 0 Å². The molecule has 0 saturated carbocycles. The van der Waals surface area contributed by atoms with Gasteiger partial charge in [-0.3, -0.25) is 9.59 Å². The van der Waals surface area contributed by atoms with Crippen LogP contribution in [0.4, 0.5) is 5.69 Å². The maximum atomic E-state index is 12.9. The van der Waals surface area contributed by atoms with Crippen LogP contribution >= 0.6 is 0 Å². The second-order valence-electron chi connectivity index (χ2n) is 9.05. The number of hydrogen-bond donors (Lipinski definition) is 2. The molecule has 32 heavy (non-hydrogen) atoms. The minimum Gasteiger partial charge on any atom is -0.508 e. The smallest absolute Gasteiger partial charge is 0.303 e. The van der Waals surface area contributed by atoms with E-state index >= 15 is 0 Å². The van der Waals surface area contributed by atoms with Gasteiger partial charge in [-0.1, -0.05) is 44.2 Å². The molecule has 6 heteroatoms. The van der Waals surface area contributed by atoms with Crippen molar-refractivity contribution in [2.45, 2.75) is 44.9 Å². The normalized spacial score (nSPS) is 21.2. The Labute approximate surface area is 190 Å². The summed E-state index contributed by atoms with van der Waals surface area (Å²) in [7, 11) is 0. The number of carboxylic acid groups (broad SMARTS) is 1. The quantitative estimate of drug-likeness (QED) is 0.611. The van der Waals surface area contributed by atoms with Gasteiger partial charge in [0.2, 0.25) is 5.91 Å². The van der Waals surface area contributed by atoms with E-state index in [1.54, 1.807) is 11.0 Å². The summed E-state index contributed by atoms with van der Waals surface area (Å²) in [5.74, 6) is -0.207. The highest BCUT2D eigenvalue weighted by atomic mass is 16.4. The van der Waals surface area contributed by atoms with Crippen LogP contribution in [-0.4, -0.2) is 53.2 Å². The largest absolute Gasteiger partial charge is 0.508 e. The van der Waals surface area contributed by atoms with Gasteiger partial charge >= 0.3 is 5.97 Å². The number of anilines is 1. The van der Waals surface area contributed by atoms with Gasteiger partial charge in [-0.25, -0.2) is 0 Å². The Morgan fingerprint density at radius 2 is 1.88 bits per heavy atom. The lowest BCUT2D eigenvalue weighted by Gasteiger charge is -2.45. The highest BCUT2D eigenvalue weighted by Crippen LogP contribution is 2.40. The number of phenols is 1. The fraction of sp³-hybridized carbons (Fsp3) is 0.462. The van der Waals surface area contributed by atoms with Crippen molar-refractivity contribution in [2.24, 2.45) is 5.92 Å². The molecule has 0 unspecified atom stereocenters. The van der Waals surface area contributed by atoms with Crippen molar-refractivity contribution in [1.82, 2.24) is 4.90 Å². The molecule has 1 fully saturated rings. The Hall–Kier alpha value is -2.86. The molecule has 1 heterocycles. The molecule has 172 valence electrons. The number of likely N-dealkylation sites (tertiary alicyclic amines) is 1. The molecule has 6 nitrogen and oxygen atoms in total. The zero-order valence-corrected chi connectivity index (χ0v) is 19.0. The molecule has 2 atom stereocenters. The zero-order chi connectivity index (χ0) is 23.1. The van der Waals surface area contributed by atoms with Crippen LogP contribution in [0.3, 0.4) is 0 Å². The molecule has 1 saturated heterocycles. The first-order valence-electron chi connectivity index (χ1n) is 11.4. The molecule has 0 aliphatic carbocycles. The third kappa shape index (κ3) is 5.88. The molecule has 2 N–H and O–H groups in total. The fourth-order valence-electron chi connectivity index (χ4n) is 4.58. The number of benzene rings is 2. The maximum Gasteiger partial charge on any atom is 0.303 e. The highest BCUT2D eigenvalue weighted by Gasteiger charge is 2.38. The molecule has 0 spiro atoms. The zero-order valence-electron chi connectivity index (χ0n) is 19.0. The lowest BCUT2D eigenvalue weighted by Crippen LogP contribution is -2.49.